The maximum Gasteiger partial charge on any atom is 0.260 e. The molecular weight excluding hydrogens is 246 g/mol. The molecule has 1 aliphatic carbocycles. The van der Waals surface area contributed by atoms with E-state index < -0.39 is 6.10 Å². The molecule has 1 aliphatic heterocycles. The molecule has 1 atom stereocenters. The van der Waals surface area contributed by atoms with Gasteiger partial charge in [0.25, 0.3) is 5.91 Å². The van der Waals surface area contributed by atoms with Crippen LogP contribution in [0.4, 0.5) is 0 Å². The highest BCUT2D eigenvalue weighted by molar-refractivity contribution is 5.78. The van der Waals surface area contributed by atoms with Crippen molar-refractivity contribution in [1.82, 2.24) is 4.90 Å². The highest BCUT2D eigenvalue weighted by atomic mass is 16.5. The molecule has 5 nitrogen and oxygen atoms in total. The highest BCUT2D eigenvalue weighted by Crippen LogP contribution is 2.35. The van der Waals surface area contributed by atoms with Crippen LogP contribution in [0.3, 0.4) is 0 Å². The molecule has 102 valence electrons. The summed E-state index contributed by atoms with van der Waals surface area (Å²) in [5, 5.41) is 9.60. The van der Waals surface area contributed by atoms with Crippen LogP contribution in [0.5, 0.6) is 11.5 Å². The summed E-state index contributed by atoms with van der Waals surface area (Å²) in [5.41, 5.74) is 0.772. The summed E-state index contributed by atoms with van der Waals surface area (Å²) in [5.74, 6) is 1.21. The Kier molecular flexibility index (Phi) is 3.06. The van der Waals surface area contributed by atoms with Crippen LogP contribution in [0.25, 0.3) is 0 Å². The van der Waals surface area contributed by atoms with Gasteiger partial charge in [0.05, 0.1) is 0 Å². The monoisotopic (exact) mass is 263 g/mol. The lowest BCUT2D eigenvalue weighted by Crippen LogP contribution is -2.33. The second kappa shape index (κ2) is 4.74. The van der Waals surface area contributed by atoms with Crippen molar-refractivity contribution in [2.75, 3.05) is 20.3 Å². The first-order valence-corrected chi connectivity index (χ1v) is 6.48. The van der Waals surface area contributed by atoms with E-state index in [2.05, 4.69) is 0 Å². The van der Waals surface area contributed by atoms with Crippen molar-refractivity contribution in [2.45, 2.75) is 25.0 Å². The Labute approximate surface area is 111 Å². The Morgan fingerprint density at radius 2 is 2.32 bits per heavy atom. The zero-order valence-corrected chi connectivity index (χ0v) is 10.8. The Morgan fingerprint density at radius 1 is 1.53 bits per heavy atom. The summed E-state index contributed by atoms with van der Waals surface area (Å²) in [6, 6.07) is 5.64. The number of carbonyl (C=O) groups is 1. The van der Waals surface area contributed by atoms with Crippen molar-refractivity contribution in [3.05, 3.63) is 23.8 Å². The molecule has 1 N–H and O–H groups in total. The van der Waals surface area contributed by atoms with Gasteiger partial charge in [-0.25, -0.2) is 0 Å². The van der Waals surface area contributed by atoms with E-state index in [1.54, 1.807) is 23.1 Å². The lowest BCUT2D eigenvalue weighted by Gasteiger charge is -2.16. The Balaban J connectivity index is 1.60. The molecule has 1 amide bonds. The maximum atomic E-state index is 11.8. The van der Waals surface area contributed by atoms with Crippen LogP contribution in [-0.2, 0) is 4.79 Å². The zero-order chi connectivity index (χ0) is 13.4. The fourth-order valence-corrected chi connectivity index (χ4v) is 2.18. The SMILES string of the molecule is CN(C(=O)COc1ccc2c(c1)OCC2O)C1CC1. The quantitative estimate of drug-likeness (QED) is 0.884. The van der Waals surface area contributed by atoms with Crippen LogP contribution in [0.2, 0.25) is 0 Å². The van der Waals surface area contributed by atoms with E-state index in [4.69, 9.17) is 9.47 Å². The predicted octanol–water partition coefficient (Wildman–Crippen LogP) is 1.11. The molecular formula is C14H17NO4. The first-order valence-electron chi connectivity index (χ1n) is 6.48. The molecule has 1 unspecified atom stereocenters. The molecule has 19 heavy (non-hydrogen) atoms. The molecule has 1 saturated carbocycles. The third kappa shape index (κ3) is 2.51. The molecule has 1 heterocycles. The van der Waals surface area contributed by atoms with Gasteiger partial charge >= 0.3 is 0 Å². The second-order valence-corrected chi connectivity index (χ2v) is 5.05. The normalized spacial score (nSPS) is 20.6. The van der Waals surface area contributed by atoms with Gasteiger partial charge in [-0.15, -0.1) is 0 Å². The molecule has 0 aromatic heterocycles. The third-order valence-corrected chi connectivity index (χ3v) is 3.59. The van der Waals surface area contributed by atoms with Gasteiger partial charge in [-0.05, 0) is 25.0 Å². The fraction of sp³-hybridized carbons (Fsp3) is 0.500. The molecule has 0 bridgehead atoms. The number of nitrogens with zero attached hydrogens (tertiary/aromatic N) is 1. The number of hydrogen-bond acceptors (Lipinski definition) is 4. The standard InChI is InChI=1S/C14H17NO4/c1-15(9-2-3-9)14(17)8-18-10-4-5-11-12(16)7-19-13(11)6-10/h4-6,9,12,16H,2-3,7-8H2,1H3. The van der Waals surface area contributed by atoms with E-state index in [1.807, 2.05) is 7.05 Å². The van der Waals surface area contributed by atoms with E-state index in [-0.39, 0.29) is 19.1 Å². The van der Waals surface area contributed by atoms with Crippen molar-refractivity contribution in [3.8, 4) is 11.5 Å². The molecule has 1 fully saturated rings. The molecule has 5 heteroatoms. The number of amides is 1. The molecule has 3 rings (SSSR count). The summed E-state index contributed by atoms with van der Waals surface area (Å²) in [7, 11) is 1.81. The van der Waals surface area contributed by atoms with Gasteiger partial charge in [0.2, 0.25) is 0 Å². The number of hydrogen-bond donors (Lipinski definition) is 1. The first kappa shape index (κ1) is 12.3. The number of aliphatic hydroxyl groups excluding tert-OH is 1. The summed E-state index contributed by atoms with van der Waals surface area (Å²) in [4.78, 5) is 13.6. The minimum Gasteiger partial charge on any atom is -0.490 e. The van der Waals surface area contributed by atoms with Crippen molar-refractivity contribution in [1.29, 1.82) is 0 Å². The Bertz CT molecular complexity index is 498. The number of ether oxygens (including phenoxy) is 2. The molecule has 0 spiro atoms. The number of carbonyl (C=O) groups excluding carboxylic acids is 1. The average Bonchev–Trinajstić information content (AvgIpc) is 3.20. The molecule has 0 radical (unpaired) electrons. The first-order chi connectivity index (χ1) is 9.15. The third-order valence-electron chi connectivity index (χ3n) is 3.59. The van der Waals surface area contributed by atoms with E-state index >= 15 is 0 Å². The molecule has 0 saturated heterocycles. The van der Waals surface area contributed by atoms with Gasteiger partial charge in [-0.3, -0.25) is 4.79 Å². The lowest BCUT2D eigenvalue weighted by molar-refractivity contribution is -0.132. The van der Waals surface area contributed by atoms with E-state index in [1.165, 1.54) is 0 Å². The summed E-state index contributed by atoms with van der Waals surface area (Å²) >= 11 is 0. The molecule has 1 aromatic carbocycles. The van der Waals surface area contributed by atoms with Crippen molar-refractivity contribution in [2.24, 2.45) is 0 Å². The van der Waals surface area contributed by atoms with Gasteiger partial charge < -0.3 is 19.5 Å². The summed E-state index contributed by atoms with van der Waals surface area (Å²) < 4.78 is 10.8. The Hall–Kier alpha value is -1.75. The van der Waals surface area contributed by atoms with Gasteiger partial charge in [-0.2, -0.15) is 0 Å². The number of rotatable bonds is 4. The van der Waals surface area contributed by atoms with Gasteiger partial charge in [0.15, 0.2) is 6.61 Å². The van der Waals surface area contributed by atoms with Crippen LogP contribution in [0.1, 0.15) is 24.5 Å². The van der Waals surface area contributed by atoms with Crippen LogP contribution in [0.15, 0.2) is 18.2 Å². The van der Waals surface area contributed by atoms with Gasteiger partial charge in [0.1, 0.15) is 24.2 Å². The molecule has 2 aliphatic rings. The topological polar surface area (TPSA) is 59.0 Å². The number of benzene rings is 1. The van der Waals surface area contributed by atoms with Crippen molar-refractivity contribution in [3.63, 3.8) is 0 Å². The average molecular weight is 263 g/mol. The molecule has 1 aromatic rings. The van der Waals surface area contributed by atoms with E-state index in [0.717, 1.165) is 18.4 Å². The summed E-state index contributed by atoms with van der Waals surface area (Å²) in [6.07, 6.45) is 1.62. The number of aliphatic hydroxyl groups is 1. The second-order valence-electron chi connectivity index (χ2n) is 5.05. The minimum atomic E-state index is -0.563. The van der Waals surface area contributed by atoms with Crippen LogP contribution >= 0.6 is 0 Å². The van der Waals surface area contributed by atoms with E-state index in [0.29, 0.717) is 17.5 Å². The lowest BCUT2D eigenvalue weighted by atomic mass is 10.1. The predicted molar refractivity (Wildman–Crippen MR) is 68.2 cm³/mol. The van der Waals surface area contributed by atoms with Crippen molar-refractivity contribution < 1.29 is 19.4 Å². The smallest absolute Gasteiger partial charge is 0.260 e. The van der Waals surface area contributed by atoms with Crippen LogP contribution in [0, 0.1) is 0 Å². The zero-order valence-electron chi connectivity index (χ0n) is 10.8. The maximum absolute atomic E-state index is 11.8. The Morgan fingerprint density at radius 3 is 3.05 bits per heavy atom. The largest absolute Gasteiger partial charge is 0.490 e. The minimum absolute atomic E-state index is 0.0102. The van der Waals surface area contributed by atoms with Gasteiger partial charge in [0, 0.05) is 24.7 Å². The van der Waals surface area contributed by atoms with Crippen LogP contribution < -0.4 is 9.47 Å². The van der Waals surface area contributed by atoms with Crippen LogP contribution in [-0.4, -0.2) is 42.2 Å². The van der Waals surface area contributed by atoms with Crippen molar-refractivity contribution >= 4 is 5.91 Å². The fourth-order valence-electron chi connectivity index (χ4n) is 2.18. The highest BCUT2D eigenvalue weighted by Gasteiger charge is 2.29. The van der Waals surface area contributed by atoms with E-state index in [9.17, 15) is 9.90 Å². The summed E-state index contributed by atoms with van der Waals surface area (Å²) in [6.45, 7) is 0.316. The van der Waals surface area contributed by atoms with Gasteiger partial charge in [-0.1, -0.05) is 0 Å². The number of fused-ring (bicyclic) bond motifs is 1. The number of likely N-dealkylation sites (N-methyl/N-ethyl adjacent to an activating group) is 1.